The lowest BCUT2D eigenvalue weighted by molar-refractivity contribution is 0.148. The SMILES string of the molecule is CC(Cc1cc(F)ccc1Oc1cncnc1N1CC2(CCNCC2)C1)S(N)(=O)=O. The van der Waals surface area contributed by atoms with Gasteiger partial charge in [0.05, 0.1) is 11.4 Å². The van der Waals surface area contributed by atoms with E-state index in [9.17, 15) is 12.8 Å². The van der Waals surface area contributed by atoms with Gasteiger partial charge in [0.1, 0.15) is 17.9 Å². The van der Waals surface area contributed by atoms with Crippen molar-refractivity contribution >= 4 is 15.8 Å². The lowest BCUT2D eigenvalue weighted by atomic mass is 9.72. The molecule has 3 N–H and O–H groups in total. The van der Waals surface area contributed by atoms with Gasteiger partial charge < -0.3 is 15.0 Å². The number of nitrogens with two attached hydrogens (primary N) is 1. The molecule has 0 amide bonds. The Balaban J connectivity index is 1.56. The second kappa shape index (κ2) is 8.09. The standard InChI is InChI=1S/C20H26FN5O3S/c1-14(30(22,27)28)8-15-9-16(21)2-3-17(15)29-18-10-24-13-25-19(18)26-11-20(12-26)4-6-23-7-5-20/h2-3,9-10,13-14,23H,4-8,11-12H2,1H3,(H2,22,27,28). The molecule has 3 heterocycles. The number of primary sulfonamides is 1. The van der Waals surface area contributed by atoms with E-state index in [0.29, 0.717) is 28.3 Å². The highest BCUT2D eigenvalue weighted by Crippen LogP contribution is 2.43. The summed E-state index contributed by atoms with van der Waals surface area (Å²) in [5, 5.41) is 7.75. The molecule has 2 aliphatic heterocycles. The second-order valence-electron chi connectivity index (χ2n) is 8.27. The summed E-state index contributed by atoms with van der Waals surface area (Å²) in [4.78, 5) is 10.6. The van der Waals surface area contributed by atoms with E-state index in [4.69, 9.17) is 9.88 Å². The fourth-order valence-corrected chi connectivity index (χ4v) is 4.57. The number of aromatic nitrogens is 2. The van der Waals surface area contributed by atoms with Gasteiger partial charge in [-0.2, -0.15) is 0 Å². The molecule has 0 saturated carbocycles. The highest BCUT2D eigenvalue weighted by atomic mass is 32.2. The summed E-state index contributed by atoms with van der Waals surface area (Å²) in [6.07, 6.45) is 5.36. The summed E-state index contributed by atoms with van der Waals surface area (Å²) in [6.45, 7) is 5.35. The average molecular weight is 436 g/mol. The van der Waals surface area contributed by atoms with Crippen LogP contribution < -0.4 is 20.1 Å². The van der Waals surface area contributed by atoms with Crippen LogP contribution in [0.3, 0.4) is 0 Å². The number of hydrogen-bond acceptors (Lipinski definition) is 7. The fraction of sp³-hybridized carbons (Fsp3) is 0.500. The predicted octanol–water partition coefficient (Wildman–Crippen LogP) is 1.82. The van der Waals surface area contributed by atoms with Crippen molar-refractivity contribution in [3.05, 3.63) is 42.1 Å². The highest BCUT2D eigenvalue weighted by molar-refractivity contribution is 7.89. The summed E-state index contributed by atoms with van der Waals surface area (Å²) in [6, 6.07) is 4.04. The third-order valence-electron chi connectivity index (χ3n) is 5.99. The first-order valence-corrected chi connectivity index (χ1v) is 11.6. The van der Waals surface area contributed by atoms with Crippen LogP contribution in [0.25, 0.3) is 0 Å². The molecule has 8 nitrogen and oxygen atoms in total. The number of benzene rings is 1. The van der Waals surface area contributed by atoms with E-state index < -0.39 is 21.1 Å². The number of hydrogen-bond donors (Lipinski definition) is 2. The Morgan fingerprint density at radius 2 is 2.03 bits per heavy atom. The molecule has 30 heavy (non-hydrogen) atoms. The number of nitrogens with one attached hydrogen (secondary N) is 1. The maximum Gasteiger partial charge on any atom is 0.212 e. The average Bonchev–Trinajstić information content (AvgIpc) is 2.68. The molecule has 0 bridgehead atoms. The topological polar surface area (TPSA) is 110 Å². The molecule has 1 unspecified atom stereocenters. The van der Waals surface area contributed by atoms with E-state index in [0.717, 1.165) is 39.0 Å². The molecular formula is C20H26FN5O3S. The summed E-state index contributed by atoms with van der Waals surface area (Å²) >= 11 is 0. The van der Waals surface area contributed by atoms with Crippen molar-refractivity contribution in [2.75, 3.05) is 31.1 Å². The lowest BCUT2D eigenvalue weighted by Gasteiger charge is -2.53. The van der Waals surface area contributed by atoms with Gasteiger partial charge in [-0.1, -0.05) is 0 Å². The highest BCUT2D eigenvalue weighted by Gasteiger charge is 2.44. The summed E-state index contributed by atoms with van der Waals surface area (Å²) in [7, 11) is -3.75. The van der Waals surface area contributed by atoms with Gasteiger partial charge in [-0.15, -0.1) is 0 Å². The van der Waals surface area contributed by atoms with Gasteiger partial charge in [0.15, 0.2) is 11.6 Å². The number of anilines is 1. The van der Waals surface area contributed by atoms with Gasteiger partial charge in [0.2, 0.25) is 10.0 Å². The minimum absolute atomic E-state index is 0.0365. The van der Waals surface area contributed by atoms with Crippen molar-refractivity contribution in [2.24, 2.45) is 10.6 Å². The quantitative estimate of drug-likeness (QED) is 0.712. The molecule has 1 aromatic heterocycles. The van der Waals surface area contributed by atoms with Crippen LogP contribution in [-0.4, -0.2) is 49.8 Å². The Morgan fingerprint density at radius 1 is 1.30 bits per heavy atom. The van der Waals surface area contributed by atoms with Crippen LogP contribution >= 0.6 is 0 Å². The number of halogens is 1. The van der Waals surface area contributed by atoms with Crippen molar-refractivity contribution < 1.29 is 17.5 Å². The molecule has 1 atom stereocenters. The molecular weight excluding hydrogens is 409 g/mol. The van der Waals surface area contributed by atoms with Crippen LogP contribution in [0.4, 0.5) is 10.2 Å². The van der Waals surface area contributed by atoms with E-state index in [2.05, 4.69) is 20.2 Å². The number of ether oxygens (including phenoxy) is 1. The first-order chi connectivity index (χ1) is 14.3. The molecule has 10 heteroatoms. The van der Waals surface area contributed by atoms with Gasteiger partial charge >= 0.3 is 0 Å². The summed E-state index contributed by atoms with van der Waals surface area (Å²) < 4.78 is 43.2. The smallest absolute Gasteiger partial charge is 0.212 e. The van der Waals surface area contributed by atoms with Gasteiger partial charge in [-0.3, -0.25) is 0 Å². The Bertz CT molecular complexity index is 1020. The molecule has 1 spiro atoms. The van der Waals surface area contributed by atoms with Crippen LogP contribution in [0.1, 0.15) is 25.3 Å². The zero-order valence-corrected chi connectivity index (χ0v) is 17.7. The third-order valence-corrected chi connectivity index (χ3v) is 7.27. The van der Waals surface area contributed by atoms with E-state index in [-0.39, 0.29) is 6.42 Å². The number of rotatable bonds is 6. The van der Waals surface area contributed by atoms with E-state index in [1.54, 1.807) is 6.20 Å². The van der Waals surface area contributed by atoms with Crippen LogP contribution in [-0.2, 0) is 16.4 Å². The predicted molar refractivity (Wildman–Crippen MR) is 112 cm³/mol. The monoisotopic (exact) mass is 435 g/mol. The third kappa shape index (κ3) is 4.40. The van der Waals surface area contributed by atoms with Gasteiger partial charge in [-0.25, -0.2) is 27.9 Å². The first kappa shape index (κ1) is 21.0. The Hall–Kier alpha value is -2.30. The first-order valence-electron chi connectivity index (χ1n) is 9.99. The molecule has 2 fully saturated rings. The van der Waals surface area contributed by atoms with Crippen LogP contribution in [0, 0.1) is 11.2 Å². The number of sulfonamides is 1. The van der Waals surface area contributed by atoms with E-state index in [1.165, 1.54) is 31.5 Å². The summed E-state index contributed by atoms with van der Waals surface area (Å²) in [5.41, 5.74) is 0.740. The van der Waals surface area contributed by atoms with Crippen molar-refractivity contribution in [2.45, 2.75) is 31.4 Å². The zero-order chi connectivity index (χ0) is 21.4. The van der Waals surface area contributed by atoms with Crippen LogP contribution in [0.2, 0.25) is 0 Å². The maximum absolute atomic E-state index is 13.8. The van der Waals surface area contributed by atoms with E-state index in [1.807, 2.05) is 0 Å². The van der Waals surface area contributed by atoms with Crippen molar-refractivity contribution in [1.82, 2.24) is 15.3 Å². The fourth-order valence-electron chi connectivity index (χ4n) is 4.16. The molecule has 1 aromatic carbocycles. The minimum atomic E-state index is -3.75. The van der Waals surface area contributed by atoms with Crippen LogP contribution in [0.15, 0.2) is 30.7 Å². The van der Waals surface area contributed by atoms with Crippen LogP contribution in [0.5, 0.6) is 11.5 Å². The molecule has 2 aliphatic rings. The lowest BCUT2D eigenvalue weighted by Crippen LogP contribution is -2.60. The van der Waals surface area contributed by atoms with Crippen molar-refractivity contribution in [1.29, 1.82) is 0 Å². The maximum atomic E-state index is 13.8. The molecule has 162 valence electrons. The Morgan fingerprint density at radius 3 is 2.73 bits per heavy atom. The molecule has 0 aliphatic carbocycles. The molecule has 4 rings (SSSR count). The number of piperidine rings is 1. The van der Waals surface area contributed by atoms with E-state index >= 15 is 0 Å². The van der Waals surface area contributed by atoms with Crippen molar-refractivity contribution in [3.8, 4) is 11.5 Å². The zero-order valence-electron chi connectivity index (χ0n) is 16.8. The Labute approximate surface area is 175 Å². The van der Waals surface area contributed by atoms with Gasteiger partial charge in [0.25, 0.3) is 0 Å². The Kier molecular flexibility index (Phi) is 5.65. The van der Waals surface area contributed by atoms with Gasteiger partial charge in [-0.05, 0) is 63.0 Å². The largest absolute Gasteiger partial charge is 0.452 e. The number of nitrogens with zero attached hydrogens (tertiary/aromatic N) is 3. The van der Waals surface area contributed by atoms with Gasteiger partial charge in [0, 0.05) is 18.5 Å². The molecule has 0 radical (unpaired) electrons. The molecule has 2 aromatic rings. The minimum Gasteiger partial charge on any atom is -0.452 e. The normalized spacial score (nSPS) is 19.4. The molecule has 2 saturated heterocycles. The second-order valence-corrected chi connectivity index (χ2v) is 10.3. The summed E-state index contributed by atoms with van der Waals surface area (Å²) in [5.74, 6) is 1.03. The van der Waals surface area contributed by atoms with Crippen molar-refractivity contribution in [3.63, 3.8) is 0 Å².